The molecule has 0 aliphatic carbocycles. The summed E-state index contributed by atoms with van der Waals surface area (Å²) in [5.74, 6) is -7.08. The number of hydrogen-bond acceptors (Lipinski definition) is 4. The van der Waals surface area contributed by atoms with Crippen molar-refractivity contribution in [3.8, 4) is 0 Å². The summed E-state index contributed by atoms with van der Waals surface area (Å²) in [6.07, 6.45) is -1.36. The fraction of sp³-hybridized carbons (Fsp3) is 0.167. The summed E-state index contributed by atoms with van der Waals surface area (Å²) in [4.78, 5) is 35.4. The smallest absolute Gasteiger partial charge is 0.326 e. The summed E-state index contributed by atoms with van der Waals surface area (Å²) in [7, 11) is 0. The predicted molar refractivity (Wildman–Crippen MR) is 89.3 cm³/mol. The molecule has 27 heavy (non-hydrogen) atoms. The molecule has 2 N–H and O–H groups in total. The van der Waals surface area contributed by atoms with Crippen LogP contribution in [0.4, 0.5) is 18.9 Å². The molecule has 1 unspecified atom stereocenters. The van der Waals surface area contributed by atoms with Gasteiger partial charge in [-0.15, -0.1) is 0 Å². The average molecular weight is 380 g/mol. The third-order valence-electron chi connectivity index (χ3n) is 3.40. The van der Waals surface area contributed by atoms with Gasteiger partial charge in [-0.05, 0) is 31.2 Å². The molecule has 6 nitrogen and oxygen atoms in total. The molecular formula is C18H15F3N2O4. The first-order valence-corrected chi connectivity index (χ1v) is 7.76. The Morgan fingerprint density at radius 2 is 1.67 bits per heavy atom. The van der Waals surface area contributed by atoms with E-state index in [1.54, 1.807) is 30.3 Å². The zero-order chi connectivity index (χ0) is 20.0. The Kier molecular flexibility index (Phi) is 6.53. The van der Waals surface area contributed by atoms with E-state index >= 15 is 0 Å². The Hall–Kier alpha value is -3.36. The molecule has 0 aliphatic rings. The van der Waals surface area contributed by atoms with E-state index in [-0.39, 0.29) is 0 Å². The van der Waals surface area contributed by atoms with Crippen LogP contribution in [0.1, 0.15) is 17.3 Å². The summed E-state index contributed by atoms with van der Waals surface area (Å²) in [5, 5.41) is 4.31. The number of nitrogens with one attached hydrogen (secondary N) is 2. The lowest BCUT2D eigenvalue weighted by Crippen LogP contribution is -2.36. The topological polar surface area (TPSA) is 84.5 Å². The first kappa shape index (κ1) is 20.0. The molecule has 0 radical (unpaired) electrons. The Balaban J connectivity index is 1.86. The van der Waals surface area contributed by atoms with Crippen LogP contribution in [0.25, 0.3) is 0 Å². The van der Waals surface area contributed by atoms with Crippen LogP contribution in [0.5, 0.6) is 0 Å². The van der Waals surface area contributed by atoms with Gasteiger partial charge in [-0.1, -0.05) is 18.2 Å². The SMILES string of the molecule is CC(OC(=O)CNC(=O)c1ccccc1)C(=O)Nc1ccc(F)c(F)c1F. The maximum absolute atomic E-state index is 13.5. The molecule has 0 bridgehead atoms. The van der Waals surface area contributed by atoms with E-state index in [0.29, 0.717) is 11.6 Å². The number of amides is 2. The summed E-state index contributed by atoms with van der Waals surface area (Å²) < 4.78 is 44.4. The highest BCUT2D eigenvalue weighted by molar-refractivity contribution is 5.97. The lowest BCUT2D eigenvalue weighted by Gasteiger charge is -2.14. The van der Waals surface area contributed by atoms with Crippen molar-refractivity contribution in [1.29, 1.82) is 0 Å². The van der Waals surface area contributed by atoms with E-state index in [2.05, 4.69) is 5.32 Å². The first-order valence-electron chi connectivity index (χ1n) is 7.76. The van der Waals surface area contributed by atoms with Crippen LogP contribution in [0.2, 0.25) is 0 Å². The van der Waals surface area contributed by atoms with Crippen LogP contribution < -0.4 is 10.6 Å². The minimum Gasteiger partial charge on any atom is -0.451 e. The zero-order valence-electron chi connectivity index (χ0n) is 14.1. The Morgan fingerprint density at radius 1 is 1.00 bits per heavy atom. The number of anilines is 1. The standard InChI is InChI=1S/C18H15F3N2O4/c1-10(17(25)23-13-8-7-12(19)15(20)16(13)21)27-14(24)9-22-18(26)11-5-3-2-4-6-11/h2-8,10H,9H2,1H3,(H,22,26)(H,23,25). The van der Waals surface area contributed by atoms with Gasteiger partial charge in [0, 0.05) is 5.56 Å². The molecule has 2 aromatic carbocycles. The Bertz CT molecular complexity index is 859. The maximum Gasteiger partial charge on any atom is 0.326 e. The quantitative estimate of drug-likeness (QED) is 0.595. The number of halogens is 3. The Labute approximate surface area is 152 Å². The molecule has 142 valence electrons. The van der Waals surface area contributed by atoms with Gasteiger partial charge in [0.25, 0.3) is 11.8 Å². The van der Waals surface area contributed by atoms with E-state index in [1.807, 2.05) is 5.32 Å². The van der Waals surface area contributed by atoms with E-state index in [1.165, 1.54) is 6.92 Å². The molecule has 2 amide bonds. The summed E-state index contributed by atoms with van der Waals surface area (Å²) in [6.45, 7) is 0.703. The lowest BCUT2D eigenvalue weighted by molar-refractivity contribution is -0.152. The highest BCUT2D eigenvalue weighted by Crippen LogP contribution is 2.19. The summed E-state index contributed by atoms with van der Waals surface area (Å²) in [6, 6.07) is 9.60. The van der Waals surface area contributed by atoms with Crippen molar-refractivity contribution in [2.24, 2.45) is 0 Å². The average Bonchev–Trinajstić information content (AvgIpc) is 2.67. The molecule has 1 atom stereocenters. The van der Waals surface area contributed by atoms with Gasteiger partial charge in [-0.2, -0.15) is 0 Å². The van der Waals surface area contributed by atoms with Crippen molar-refractivity contribution < 1.29 is 32.3 Å². The molecule has 0 aromatic heterocycles. The minimum absolute atomic E-state index is 0.338. The van der Waals surface area contributed by atoms with Crippen LogP contribution in [-0.4, -0.2) is 30.4 Å². The fourth-order valence-corrected chi connectivity index (χ4v) is 1.99. The number of carbonyl (C=O) groups excluding carboxylic acids is 3. The van der Waals surface area contributed by atoms with Gasteiger partial charge < -0.3 is 15.4 Å². The predicted octanol–water partition coefficient (Wildman–Crippen LogP) is 2.40. The van der Waals surface area contributed by atoms with Crippen molar-refractivity contribution >= 4 is 23.5 Å². The van der Waals surface area contributed by atoms with Crippen molar-refractivity contribution in [1.82, 2.24) is 5.32 Å². The van der Waals surface area contributed by atoms with Crippen LogP contribution in [-0.2, 0) is 14.3 Å². The minimum atomic E-state index is -1.74. The van der Waals surface area contributed by atoms with E-state index in [0.717, 1.165) is 6.07 Å². The van der Waals surface area contributed by atoms with Gasteiger partial charge in [0.1, 0.15) is 6.54 Å². The van der Waals surface area contributed by atoms with Crippen molar-refractivity contribution in [3.05, 3.63) is 65.5 Å². The number of benzene rings is 2. The van der Waals surface area contributed by atoms with Crippen molar-refractivity contribution in [2.45, 2.75) is 13.0 Å². The lowest BCUT2D eigenvalue weighted by atomic mass is 10.2. The van der Waals surface area contributed by atoms with Crippen LogP contribution in [0, 0.1) is 17.5 Å². The van der Waals surface area contributed by atoms with Crippen LogP contribution in [0.3, 0.4) is 0 Å². The second-order valence-electron chi connectivity index (χ2n) is 5.39. The molecule has 2 aromatic rings. The number of ether oxygens (including phenoxy) is 1. The van der Waals surface area contributed by atoms with Crippen LogP contribution in [0.15, 0.2) is 42.5 Å². The summed E-state index contributed by atoms with van der Waals surface area (Å²) in [5.41, 5.74) is -0.260. The zero-order valence-corrected chi connectivity index (χ0v) is 14.1. The number of carbonyl (C=O) groups is 3. The molecule has 9 heteroatoms. The highest BCUT2D eigenvalue weighted by Gasteiger charge is 2.21. The van der Waals surface area contributed by atoms with Crippen molar-refractivity contribution in [3.63, 3.8) is 0 Å². The Morgan fingerprint density at radius 3 is 2.33 bits per heavy atom. The maximum atomic E-state index is 13.5. The highest BCUT2D eigenvalue weighted by atomic mass is 19.2. The molecular weight excluding hydrogens is 365 g/mol. The molecule has 0 aliphatic heterocycles. The van der Waals surface area contributed by atoms with Gasteiger partial charge in [-0.3, -0.25) is 14.4 Å². The van der Waals surface area contributed by atoms with E-state index in [9.17, 15) is 27.6 Å². The van der Waals surface area contributed by atoms with Gasteiger partial charge >= 0.3 is 5.97 Å². The molecule has 2 rings (SSSR count). The van der Waals surface area contributed by atoms with Crippen LogP contribution >= 0.6 is 0 Å². The molecule has 0 saturated carbocycles. The van der Waals surface area contributed by atoms with Gasteiger partial charge in [-0.25, -0.2) is 13.2 Å². The van der Waals surface area contributed by atoms with Gasteiger partial charge in [0.05, 0.1) is 5.69 Å². The first-order chi connectivity index (χ1) is 12.8. The van der Waals surface area contributed by atoms with E-state index in [4.69, 9.17) is 4.74 Å². The normalized spacial score (nSPS) is 11.4. The third-order valence-corrected chi connectivity index (χ3v) is 3.40. The third kappa shape index (κ3) is 5.30. The molecule has 0 heterocycles. The second-order valence-corrected chi connectivity index (χ2v) is 5.39. The van der Waals surface area contributed by atoms with Crippen molar-refractivity contribution in [2.75, 3.05) is 11.9 Å². The van der Waals surface area contributed by atoms with Gasteiger partial charge in [0.2, 0.25) is 0 Å². The fourth-order valence-electron chi connectivity index (χ4n) is 1.99. The molecule has 0 fully saturated rings. The number of rotatable bonds is 6. The van der Waals surface area contributed by atoms with E-state index < -0.39 is 53.6 Å². The largest absolute Gasteiger partial charge is 0.451 e. The summed E-state index contributed by atoms with van der Waals surface area (Å²) >= 11 is 0. The number of esters is 1. The second kappa shape index (κ2) is 8.84. The number of hydrogen-bond donors (Lipinski definition) is 2. The molecule has 0 saturated heterocycles. The van der Waals surface area contributed by atoms with Gasteiger partial charge in [0.15, 0.2) is 23.6 Å². The monoisotopic (exact) mass is 380 g/mol. The molecule has 0 spiro atoms.